The molecule has 17 heavy (non-hydrogen) atoms. The number of hydrogen-bond donors (Lipinski definition) is 0. The van der Waals surface area contributed by atoms with Crippen molar-refractivity contribution in [2.75, 3.05) is 0 Å². The molecule has 0 heterocycles. The summed E-state index contributed by atoms with van der Waals surface area (Å²) in [6, 6.07) is 9.19. The van der Waals surface area contributed by atoms with Crippen LogP contribution in [0.2, 0.25) is 0 Å². The van der Waals surface area contributed by atoms with Crippen molar-refractivity contribution in [2.45, 2.75) is 46.5 Å². The van der Waals surface area contributed by atoms with Crippen LogP contribution in [-0.2, 0) is 26.2 Å². The normalized spacial score (nSPS) is 11.2. The van der Waals surface area contributed by atoms with Crippen molar-refractivity contribution in [3.63, 3.8) is 0 Å². The van der Waals surface area contributed by atoms with Crippen molar-refractivity contribution in [1.82, 2.24) is 0 Å². The average Bonchev–Trinajstić information content (AvgIpc) is 2.55. The van der Waals surface area contributed by atoms with Crippen molar-refractivity contribution in [3.8, 4) is 0 Å². The number of benzene rings is 1. The number of rotatable bonds is 2. The molecule has 2 aromatic carbocycles. The number of fused-ring (bicyclic) bond motifs is 1. The average molecular weight is 305 g/mol. The Morgan fingerprint density at radius 2 is 1.65 bits per heavy atom. The number of aryl methyl sites for hydroxylation is 1. The summed E-state index contributed by atoms with van der Waals surface area (Å²) in [7, 11) is 0. The molecule has 0 radical (unpaired) electrons. The van der Waals surface area contributed by atoms with Crippen LogP contribution in [-0.4, -0.2) is 0 Å². The Bertz CT molecular complexity index is 503. The molecule has 0 spiro atoms. The Balaban J connectivity index is 0.00000144. The van der Waals surface area contributed by atoms with Gasteiger partial charge in [-0.15, -0.1) is 34.5 Å². The van der Waals surface area contributed by atoms with E-state index in [9.17, 15) is 0 Å². The van der Waals surface area contributed by atoms with Crippen molar-refractivity contribution >= 4 is 10.8 Å². The predicted octanol–water partition coefficient (Wildman–Crippen LogP) is 5.11. The van der Waals surface area contributed by atoms with Crippen molar-refractivity contribution in [1.29, 1.82) is 0 Å². The maximum atomic E-state index is 2.33. The third-order valence-electron chi connectivity index (χ3n) is 3.31. The Morgan fingerprint density at radius 3 is 2.18 bits per heavy atom. The summed E-state index contributed by atoms with van der Waals surface area (Å²) in [5, 5.41) is 2.85. The summed E-state index contributed by atoms with van der Waals surface area (Å²) < 4.78 is 0. The minimum Gasteiger partial charge on any atom is -0.165 e. The summed E-state index contributed by atoms with van der Waals surface area (Å²) in [6.07, 6.45) is 0. The maximum absolute atomic E-state index is 2.33. The molecule has 0 N–H and O–H groups in total. The van der Waals surface area contributed by atoms with E-state index in [1.807, 2.05) is 0 Å². The second-order valence-corrected chi connectivity index (χ2v) is 5.41. The van der Waals surface area contributed by atoms with Crippen LogP contribution in [0.25, 0.3) is 10.8 Å². The summed E-state index contributed by atoms with van der Waals surface area (Å²) in [6.45, 7) is 11.3. The first kappa shape index (κ1) is 14.8. The smallest absolute Gasteiger partial charge is 0 e. The number of hydrogen-bond acceptors (Lipinski definition) is 0. The molecular weight excluding hydrogens is 283 g/mol. The molecule has 0 atom stereocenters. The summed E-state index contributed by atoms with van der Waals surface area (Å²) >= 11 is 0. The minimum atomic E-state index is 0. The molecule has 0 fully saturated rings. The fourth-order valence-electron chi connectivity index (χ4n) is 2.62. The molecule has 0 aromatic heterocycles. The summed E-state index contributed by atoms with van der Waals surface area (Å²) in [4.78, 5) is 0. The third kappa shape index (κ3) is 2.76. The van der Waals surface area contributed by atoms with Gasteiger partial charge in [-0.05, 0) is 11.8 Å². The van der Waals surface area contributed by atoms with Gasteiger partial charge in [-0.2, -0.15) is 6.07 Å². The van der Waals surface area contributed by atoms with Crippen molar-refractivity contribution in [3.05, 3.63) is 41.0 Å². The maximum Gasteiger partial charge on any atom is 0 e. The van der Waals surface area contributed by atoms with Gasteiger partial charge in [-0.3, -0.25) is 0 Å². The third-order valence-corrected chi connectivity index (χ3v) is 3.31. The Labute approximate surface area is 124 Å². The van der Waals surface area contributed by atoms with Crippen LogP contribution in [0.4, 0.5) is 0 Å². The van der Waals surface area contributed by atoms with Crippen LogP contribution in [0.3, 0.4) is 0 Å². The molecule has 0 saturated heterocycles. The molecule has 0 amide bonds. The molecular formula is C16H21Zr-. The van der Waals surface area contributed by atoms with Crippen LogP contribution in [0.15, 0.2) is 24.3 Å². The van der Waals surface area contributed by atoms with Gasteiger partial charge in [0.15, 0.2) is 0 Å². The molecule has 0 unspecified atom stereocenters. The van der Waals surface area contributed by atoms with E-state index < -0.39 is 0 Å². The second kappa shape index (κ2) is 5.57. The van der Waals surface area contributed by atoms with Crippen molar-refractivity contribution < 1.29 is 26.2 Å². The van der Waals surface area contributed by atoms with Crippen LogP contribution in [0.5, 0.6) is 0 Å². The van der Waals surface area contributed by atoms with Gasteiger partial charge in [-0.25, -0.2) is 0 Å². The predicted molar refractivity (Wildman–Crippen MR) is 72.5 cm³/mol. The van der Waals surface area contributed by atoms with Gasteiger partial charge in [0.05, 0.1) is 0 Å². The van der Waals surface area contributed by atoms with E-state index in [0.717, 1.165) is 0 Å². The SMILES string of the molecule is Cc1cc2c(C(C)C)c(C(C)C)ccc2[cH-]1.[Zr]. The Hall–Kier alpha value is -0.287. The molecule has 2 aromatic rings. The van der Waals surface area contributed by atoms with E-state index in [1.165, 1.54) is 21.9 Å². The van der Waals surface area contributed by atoms with Gasteiger partial charge in [0.25, 0.3) is 0 Å². The Kier molecular flexibility index (Phi) is 4.84. The van der Waals surface area contributed by atoms with Gasteiger partial charge in [0.2, 0.25) is 0 Å². The Morgan fingerprint density at radius 1 is 1.00 bits per heavy atom. The van der Waals surface area contributed by atoms with Gasteiger partial charge >= 0.3 is 0 Å². The zero-order chi connectivity index (χ0) is 11.9. The van der Waals surface area contributed by atoms with Crippen LogP contribution in [0.1, 0.15) is 56.2 Å². The first-order valence-electron chi connectivity index (χ1n) is 6.20. The fourth-order valence-corrected chi connectivity index (χ4v) is 2.62. The van der Waals surface area contributed by atoms with Gasteiger partial charge in [0.1, 0.15) is 0 Å². The molecule has 2 rings (SSSR count). The van der Waals surface area contributed by atoms with E-state index in [0.29, 0.717) is 11.8 Å². The molecule has 1 heteroatoms. The van der Waals surface area contributed by atoms with Crippen LogP contribution >= 0.6 is 0 Å². The van der Waals surface area contributed by atoms with Gasteiger partial charge < -0.3 is 0 Å². The van der Waals surface area contributed by atoms with E-state index in [-0.39, 0.29) is 26.2 Å². The van der Waals surface area contributed by atoms with Gasteiger partial charge in [-0.1, -0.05) is 45.7 Å². The molecule has 0 aliphatic carbocycles. The molecule has 0 nitrogen and oxygen atoms in total. The fraction of sp³-hybridized carbons (Fsp3) is 0.438. The van der Waals surface area contributed by atoms with Crippen LogP contribution in [0, 0.1) is 6.92 Å². The topological polar surface area (TPSA) is 0 Å². The largest absolute Gasteiger partial charge is 0.165 e. The van der Waals surface area contributed by atoms with Crippen molar-refractivity contribution in [2.24, 2.45) is 0 Å². The summed E-state index contributed by atoms with van der Waals surface area (Å²) in [5.41, 5.74) is 4.42. The monoisotopic (exact) mass is 303 g/mol. The van der Waals surface area contributed by atoms with E-state index in [1.54, 1.807) is 5.56 Å². The van der Waals surface area contributed by atoms with E-state index in [2.05, 4.69) is 58.9 Å². The minimum absolute atomic E-state index is 0. The van der Waals surface area contributed by atoms with E-state index in [4.69, 9.17) is 0 Å². The molecule has 90 valence electrons. The first-order valence-corrected chi connectivity index (χ1v) is 6.20. The van der Waals surface area contributed by atoms with Crippen LogP contribution < -0.4 is 0 Å². The second-order valence-electron chi connectivity index (χ2n) is 5.41. The molecule has 0 saturated carbocycles. The van der Waals surface area contributed by atoms with Gasteiger partial charge in [0, 0.05) is 26.2 Å². The molecule has 0 aliphatic rings. The standard InChI is InChI=1S/C16H21.Zr/c1-10(2)14-7-6-13-8-12(5)9-15(13)16(14)11(3)4;/h6-11H,1-5H3;/q-1;. The zero-order valence-corrected chi connectivity index (χ0v) is 13.9. The molecule has 0 aliphatic heterocycles. The zero-order valence-electron chi connectivity index (χ0n) is 11.5. The quantitative estimate of drug-likeness (QED) is 0.676. The molecule has 0 bridgehead atoms. The van der Waals surface area contributed by atoms with E-state index >= 15 is 0 Å². The summed E-state index contributed by atoms with van der Waals surface area (Å²) in [5.74, 6) is 1.21. The first-order chi connectivity index (χ1) is 7.50.